The Hall–Kier alpha value is -1.57. The van der Waals surface area contributed by atoms with E-state index in [1.807, 2.05) is 18.2 Å². The van der Waals surface area contributed by atoms with Crippen LogP contribution in [-0.4, -0.2) is 33.5 Å². The Labute approximate surface area is 156 Å². The molecule has 0 saturated carbocycles. The van der Waals surface area contributed by atoms with Crippen molar-refractivity contribution in [1.82, 2.24) is 4.31 Å². The lowest BCUT2D eigenvalue weighted by Gasteiger charge is -2.25. The molecule has 0 aliphatic carbocycles. The maximum Gasteiger partial charge on any atom is 0.244 e. The predicted molar refractivity (Wildman–Crippen MR) is 99.6 cm³/mol. The van der Waals surface area contributed by atoms with Gasteiger partial charge in [0.15, 0.2) is 11.5 Å². The van der Waals surface area contributed by atoms with E-state index in [0.29, 0.717) is 27.4 Å². The number of ether oxygens (including phenoxy) is 2. The van der Waals surface area contributed by atoms with Crippen molar-refractivity contribution in [1.29, 1.82) is 0 Å². The van der Waals surface area contributed by atoms with Crippen LogP contribution in [-0.2, 0) is 10.0 Å². The van der Waals surface area contributed by atoms with Crippen LogP contribution in [0.4, 0.5) is 0 Å². The normalized spacial score (nSPS) is 18.3. The summed E-state index contributed by atoms with van der Waals surface area (Å²) in [6, 6.07) is 12.3. The van der Waals surface area contributed by atoms with Gasteiger partial charge in [-0.25, -0.2) is 8.42 Å². The fourth-order valence-electron chi connectivity index (χ4n) is 3.20. The molecule has 0 spiro atoms. The number of hydrogen-bond acceptors (Lipinski definition) is 4. The third-order valence-corrected chi connectivity index (χ3v) is 7.34. The van der Waals surface area contributed by atoms with Crippen molar-refractivity contribution >= 4 is 26.0 Å². The zero-order valence-corrected chi connectivity index (χ0v) is 16.5. The molecule has 2 aromatic rings. The van der Waals surface area contributed by atoms with Crippen LogP contribution in [0.3, 0.4) is 0 Å². The van der Waals surface area contributed by atoms with Gasteiger partial charge in [0, 0.05) is 11.0 Å². The molecule has 0 amide bonds. The molecular formula is C18H20BrNO4S. The number of nitrogens with zero attached hydrogens (tertiary/aromatic N) is 1. The lowest BCUT2D eigenvalue weighted by atomic mass is 10.0. The Bertz CT molecular complexity index is 869. The van der Waals surface area contributed by atoms with E-state index < -0.39 is 10.0 Å². The number of methoxy groups -OCH3 is 2. The van der Waals surface area contributed by atoms with Crippen LogP contribution in [0.25, 0.3) is 0 Å². The van der Waals surface area contributed by atoms with Gasteiger partial charge in [-0.15, -0.1) is 0 Å². The molecule has 1 aliphatic rings. The van der Waals surface area contributed by atoms with E-state index in [4.69, 9.17) is 9.47 Å². The van der Waals surface area contributed by atoms with Crippen molar-refractivity contribution in [2.24, 2.45) is 0 Å². The lowest BCUT2D eigenvalue weighted by Crippen LogP contribution is -2.31. The Morgan fingerprint density at radius 2 is 1.80 bits per heavy atom. The van der Waals surface area contributed by atoms with Crippen LogP contribution < -0.4 is 9.47 Å². The SMILES string of the molecule is COc1ccc([C@H]2CCCN2S(=O)(=O)c2ccccc2Br)cc1OC. The van der Waals surface area contributed by atoms with Gasteiger partial charge in [-0.1, -0.05) is 18.2 Å². The molecule has 1 saturated heterocycles. The van der Waals surface area contributed by atoms with E-state index in [1.54, 1.807) is 42.8 Å². The van der Waals surface area contributed by atoms with Gasteiger partial charge in [-0.2, -0.15) is 4.31 Å². The van der Waals surface area contributed by atoms with Gasteiger partial charge < -0.3 is 9.47 Å². The molecule has 7 heteroatoms. The summed E-state index contributed by atoms with van der Waals surface area (Å²) in [5.41, 5.74) is 0.908. The van der Waals surface area contributed by atoms with Gasteiger partial charge in [-0.05, 0) is 58.6 Å². The highest BCUT2D eigenvalue weighted by Gasteiger charge is 2.37. The molecule has 1 fully saturated rings. The molecule has 134 valence electrons. The quantitative estimate of drug-likeness (QED) is 0.726. The van der Waals surface area contributed by atoms with E-state index in [2.05, 4.69) is 15.9 Å². The van der Waals surface area contributed by atoms with E-state index in [1.165, 1.54) is 0 Å². The van der Waals surface area contributed by atoms with Gasteiger partial charge in [0.2, 0.25) is 10.0 Å². The minimum atomic E-state index is -3.59. The summed E-state index contributed by atoms with van der Waals surface area (Å²) in [5, 5.41) is 0. The summed E-state index contributed by atoms with van der Waals surface area (Å²) in [7, 11) is -0.432. The van der Waals surface area contributed by atoms with Crippen molar-refractivity contribution < 1.29 is 17.9 Å². The second-order valence-electron chi connectivity index (χ2n) is 5.82. The number of benzene rings is 2. The van der Waals surface area contributed by atoms with Crippen LogP contribution in [0.5, 0.6) is 11.5 Å². The first-order valence-corrected chi connectivity index (χ1v) is 10.2. The highest BCUT2D eigenvalue weighted by molar-refractivity contribution is 9.10. The first-order chi connectivity index (χ1) is 12.0. The maximum absolute atomic E-state index is 13.2. The van der Waals surface area contributed by atoms with Crippen LogP contribution in [0, 0.1) is 0 Å². The largest absolute Gasteiger partial charge is 0.493 e. The second kappa shape index (κ2) is 7.35. The second-order valence-corrected chi connectivity index (χ2v) is 8.53. The summed E-state index contributed by atoms with van der Waals surface area (Å²) >= 11 is 3.35. The average molecular weight is 426 g/mol. The molecule has 3 rings (SSSR count). The molecule has 0 bridgehead atoms. The third kappa shape index (κ3) is 3.41. The smallest absolute Gasteiger partial charge is 0.244 e. The molecule has 5 nitrogen and oxygen atoms in total. The number of sulfonamides is 1. The monoisotopic (exact) mass is 425 g/mol. The average Bonchev–Trinajstić information content (AvgIpc) is 3.12. The van der Waals surface area contributed by atoms with Gasteiger partial charge in [0.25, 0.3) is 0 Å². The lowest BCUT2D eigenvalue weighted by molar-refractivity contribution is 0.351. The maximum atomic E-state index is 13.2. The van der Waals surface area contributed by atoms with Gasteiger partial charge >= 0.3 is 0 Å². The van der Waals surface area contributed by atoms with Crippen molar-refractivity contribution in [2.75, 3.05) is 20.8 Å². The Balaban J connectivity index is 2.00. The molecule has 25 heavy (non-hydrogen) atoms. The highest BCUT2D eigenvalue weighted by atomic mass is 79.9. The zero-order chi connectivity index (χ0) is 18.0. The van der Waals surface area contributed by atoms with Crippen LogP contribution >= 0.6 is 15.9 Å². The molecule has 1 heterocycles. The van der Waals surface area contributed by atoms with E-state index >= 15 is 0 Å². The fraction of sp³-hybridized carbons (Fsp3) is 0.333. The molecule has 1 aliphatic heterocycles. The topological polar surface area (TPSA) is 55.8 Å². The summed E-state index contributed by atoms with van der Waals surface area (Å²) in [4.78, 5) is 0.294. The Morgan fingerprint density at radius 1 is 1.08 bits per heavy atom. The number of hydrogen-bond donors (Lipinski definition) is 0. The van der Waals surface area contributed by atoms with E-state index in [-0.39, 0.29) is 6.04 Å². The molecule has 0 N–H and O–H groups in total. The predicted octanol–water partition coefficient (Wildman–Crippen LogP) is 3.99. The minimum absolute atomic E-state index is 0.211. The number of halogens is 1. The molecule has 0 unspecified atom stereocenters. The van der Waals surface area contributed by atoms with Crippen LogP contribution in [0.15, 0.2) is 51.8 Å². The fourth-order valence-corrected chi connectivity index (χ4v) is 5.85. The summed E-state index contributed by atoms with van der Waals surface area (Å²) in [6.45, 7) is 0.503. The Morgan fingerprint density at radius 3 is 2.48 bits per heavy atom. The van der Waals surface area contributed by atoms with E-state index in [0.717, 1.165) is 18.4 Å². The summed E-state index contributed by atoms with van der Waals surface area (Å²) in [6.07, 6.45) is 1.60. The van der Waals surface area contributed by atoms with Gasteiger partial charge in [0.05, 0.1) is 25.2 Å². The molecular weight excluding hydrogens is 406 g/mol. The van der Waals surface area contributed by atoms with Crippen molar-refractivity contribution in [2.45, 2.75) is 23.8 Å². The Kier molecular flexibility index (Phi) is 5.36. The summed E-state index contributed by atoms with van der Waals surface area (Å²) < 4.78 is 39.1. The summed E-state index contributed by atoms with van der Waals surface area (Å²) in [5.74, 6) is 1.23. The standard InChI is InChI=1S/C18H20BrNO4S/c1-23-16-10-9-13(12-17(16)24-2)15-7-5-11-20(15)25(21,22)18-8-4-3-6-14(18)19/h3-4,6,8-10,12,15H,5,7,11H2,1-2H3/t15-/m1/s1. The van der Waals surface area contributed by atoms with Crippen molar-refractivity contribution in [3.05, 3.63) is 52.5 Å². The molecule has 0 aromatic heterocycles. The van der Waals surface area contributed by atoms with Crippen molar-refractivity contribution in [3.8, 4) is 11.5 Å². The first kappa shape index (κ1) is 18.2. The molecule has 2 aromatic carbocycles. The first-order valence-electron chi connectivity index (χ1n) is 7.97. The highest BCUT2D eigenvalue weighted by Crippen LogP contribution is 2.40. The zero-order valence-electron chi connectivity index (χ0n) is 14.1. The van der Waals surface area contributed by atoms with Gasteiger partial charge in [-0.3, -0.25) is 0 Å². The number of rotatable bonds is 5. The van der Waals surface area contributed by atoms with E-state index in [9.17, 15) is 8.42 Å². The van der Waals surface area contributed by atoms with Crippen LogP contribution in [0.2, 0.25) is 0 Å². The minimum Gasteiger partial charge on any atom is -0.493 e. The van der Waals surface area contributed by atoms with Crippen LogP contribution in [0.1, 0.15) is 24.4 Å². The van der Waals surface area contributed by atoms with Gasteiger partial charge in [0.1, 0.15) is 0 Å². The van der Waals surface area contributed by atoms with Crippen molar-refractivity contribution in [3.63, 3.8) is 0 Å². The third-order valence-electron chi connectivity index (χ3n) is 4.42. The molecule has 1 atom stereocenters. The molecule has 0 radical (unpaired) electrons.